The van der Waals surface area contributed by atoms with Crippen LogP contribution in [0.3, 0.4) is 0 Å². The maximum Gasteiger partial charge on any atom is 0.265 e. The predicted molar refractivity (Wildman–Crippen MR) is 106 cm³/mol. The number of carbonyl (C=O) groups is 1. The van der Waals surface area contributed by atoms with E-state index in [2.05, 4.69) is 15.6 Å². The van der Waals surface area contributed by atoms with Crippen molar-refractivity contribution in [2.75, 3.05) is 18.4 Å². The zero-order valence-electron chi connectivity index (χ0n) is 14.3. The molecule has 1 aliphatic heterocycles. The summed E-state index contributed by atoms with van der Waals surface area (Å²) in [7, 11) is 0. The summed E-state index contributed by atoms with van der Waals surface area (Å²) in [5.41, 5.74) is 1.69. The van der Waals surface area contributed by atoms with Crippen molar-refractivity contribution in [3.05, 3.63) is 58.1 Å². The quantitative estimate of drug-likeness (QED) is 0.804. The van der Waals surface area contributed by atoms with Gasteiger partial charge in [-0.05, 0) is 55.8 Å². The molecule has 2 aromatic carbocycles. The first kappa shape index (κ1) is 18.5. The maximum absolute atomic E-state index is 12.3. The molecule has 5 nitrogen and oxygen atoms in total. The second-order valence-corrected chi connectivity index (χ2v) is 6.76. The van der Waals surface area contributed by atoms with Crippen molar-refractivity contribution in [1.29, 1.82) is 0 Å². The topological polar surface area (TPSA) is 62.7 Å². The molecule has 2 N–H and O–H groups in total. The summed E-state index contributed by atoms with van der Waals surface area (Å²) in [6.45, 7) is 3.43. The number of amides is 1. The third kappa shape index (κ3) is 4.68. The summed E-state index contributed by atoms with van der Waals surface area (Å²) in [5.74, 6) is 1.04. The number of carbonyl (C=O) groups excluding carboxylic acids is 1. The Bertz CT molecular complexity index is 822. The Balaban J connectivity index is 1.60. The lowest BCUT2D eigenvalue weighted by Gasteiger charge is -2.17. The molecule has 1 aliphatic rings. The number of hydrogen-bond donors (Lipinski definition) is 2. The summed E-state index contributed by atoms with van der Waals surface area (Å²) >= 11 is 11.9. The molecule has 0 spiro atoms. The number of nitrogens with one attached hydrogen (secondary N) is 2. The van der Waals surface area contributed by atoms with E-state index in [1.54, 1.807) is 25.1 Å². The molecule has 0 radical (unpaired) electrons. The van der Waals surface area contributed by atoms with Crippen LogP contribution < -0.4 is 15.4 Å². The van der Waals surface area contributed by atoms with E-state index in [1.165, 1.54) is 0 Å². The van der Waals surface area contributed by atoms with Crippen molar-refractivity contribution < 1.29 is 9.53 Å². The molecule has 0 saturated heterocycles. The number of nitrogens with zero attached hydrogens (tertiary/aromatic N) is 1. The molecule has 0 bridgehead atoms. The molecule has 0 aliphatic carbocycles. The third-order valence-corrected chi connectivity index (χ3v) is 4.42. The van der Waals surface area contributed by atoms with Gasteiger partial charge in [0.2, 0.25) is 0 Å². The predicted octanol–water partition coefficient (Wildman–Crippen LogP) is 4.14. The van der Waals surface area contributed by atoms with Crippen LogP contribution in [0.5, 0.6) is 5.75 Å². The highest BCUT2D eigenvalue weighted by Gasteiger charge is 2.17. The highest BCUT2D eigenvalue weighted by Crippen LogP contribution is 2.28. The maximum atomic E-state index is 12.3. The summed E-state index contributed by atoms with van der Waals surface area (Å²) in [4.78, 5) is 16.8. The van der Waals surface area contributed by atoms with Crippen LogP contribution in [0, 0.1) is 0 Å². The fourth-order valence-electron chi connectivity index (χ4n) is 2.50. The number of anilines is 1. The van der Waals surface area contributed by atoms with E-state index in [9.17, 15) is 4.79 Å². The van der Waals surface area contributed by atoms with Gasteiger partial charge in [-0.3, -0.25) is 9.79 Å². The zero-order valence-corrected chi connectivity index (χ0v) is 15.8. The molecule has 0 fully saturated rings. The van der Waals surface area contributed by atoms with E-state index in [4.69, 9.17) is 27.9 Å². The van der Waals surface area contributed by atoms with E-state index in [-0.39, 0.29) is 5.91 Å². The van der Waals surface area contributed by atoms with Gasteiger partial charge in [-0.25, -0.2) is 0 Å². The number of benzene rings is 2. The highest BCUT2D eigenvalue weighted by atomic mass is 35.5. The van der Waals surface area contributed by atoms with Gasteiger partial charge in [0.15, 0.2) is 6.10 Å². The van der Waals surface area contributed by atoms with E-state index < -0.39 is 6.10 Å². The number of ether oxygens (including phenoxy) is 1. The fraction of sp³-hybridized carbons (Fsp3) is 0.263. The first-order chi connectivity index (χ1) is 12.5. The van der Waals surface area contributed by atoms with E-state index in [1.807, 2.05) is 24.3 Å². The van der Waals surface area contributed by atoms with Crippen molar-refractivity contribution in [3.63, 3.8) is 0 Å². The smallest absolute Gasteiger partial charge is 0.265 e. The Kier molecular flexibility index (Phi) is 6.01. The van der Waals surface area contributed by atoms with Gasteiger partial charge >= 0.3 is 0 Å². The summed E-state index contributed by atoms with van der Waals surface area (Å²) in [6.07, 6.45) is 0.338. The van der Waals surface area contributed by atoms with Gasteiger partial charge in [-0.1, -0.05) is 23.2 Å². The molecule has 1 amide bonds. The van der Waals surface area contributed by atoms with Crippen LogP contribution in [-0.2, 0) is 4.79 Å². The van der Waals surface area contributed by atoms with E-state index >= 15 is 0 Å². The molecule has 26 heavy (non-hydrogen) atoms. The summed E-state index contributed by atoms with van der Waals surface area (Å²) < 4.78 is 5.62. The number of halogens is 2. The molecule has 2 aromatic rings. The lowest BCUT2D eigenvalue weighted by Crippen LogP contribution is -2.31. The Morgan fingerprint density at radius 2 is 2.00 bits per heavy atom. The number of hydrogen-bond acceptors (Lipinski definition) is 4. The second-order valence-electron chi connectivity index (χ2n) is 5.91. The molecular weight excluding hydrogens is 373 g/mol. The zero-order chi connectivity index (χ0) is 18.5. The number of amidine groups is 1. The van der Waals surface area contributed by atoms with Crippen molar-refractivity contribution in [2.45, 2.75) is 19.4 Å². The Morgan fingerprint density at radius 1 is 1.23 bits per heavy atom. The largest absolute Gasteiger partial charge is 0.479 e. The van der Waals surface area contributed by atoms with Crippen molar-refractivity contribution in [1.82, 2.24) is 5.32 Å². The molecule has 0 aromatic heterocycles. The lowest BCUT2D eigenvalue weighted by molar-refractivity contribution is -0.122. The Morgan fingerprint density at radius 3 is 2.65 bits per heavy atom. The van der Waals surface area contributed by atoms with E-state index in [0.29, 0.717) is 21.5 Å². The monoisotopic (exact) mass is 391 g/mol. The normalized spacial score (nSPS) is 14.8. The van der Waals surface area contributed by atoms with Gasteiger partial charge in [-0.2, -0.15) is 0 Å². The Hall–Kier alpha value is -2.24. The standard InChI is InChI=1S/C19H19Cl2N3O2/c1-12(26-17-8-5-14(20)11-16(17)21)19(25)24-15-6-3-13(4-7-15)18-22-9-2-10-23-18/h3-8,11-12H,2,9-10H2,1H3,(H,22,23)(H,24,25). The summed E-state index contributed by atoms with van der Waals surface area (Å²) in [5, 5.41) is 6.97. The summed E-state index contributed by atoms with van der Waals surface area (Å²) in [6, 6.07) is 12.4. The number of rotatable bonds is 5. The molecule has 3 rings (SSSR count). The fourth-order valence-corrected chi connectivity index (χ4v) is 2.95. The van der Waals surface area contributed by atoms with Crippen molar-refractivity contribution in [3.8, 4) is 5.75 Å². The van der Waals surface area contributed by atoms with Gasteiger partial charge in [0.25, 0.3) is 5.91 Å². The van der Waals surface area contributed by atoms with Crippen LogP contribution in [0.25, 0.3) is 0 Å². The Labute approximate surface area is 162 Å². The first-order valence-electron chi connectivity index (χ1n) is 8.34. The molecule has 1 atom stereocenters. The third-order valence-electron chi connectivity index (χ3n) is 3.89. The first-order valence-corrected chi connectivity index (χ1v) is 9.10. The van der Waals surface area contributed by atoms with Gasteiger partial charge in [-0.15, -0.1) is 0 Å². The van der Waals surface area contributed by atoms with Crippen LogP contribution in [0.1, 0.15) is 18.9 Å². The minimum absolute atomic E-state index is 0.267. The van der Waals surface area contributed by atoms with Crippen LogP contribution in [-0.4, -0.2) is 30.9 Å². The molecule has 1 unspecified atom stereocenters. The molecule has 7 heteroatoms. The molecule has 136 valence electrons. The second kappa shape index (κ2) is 8.43. The van der Waals surface area contributed by atoms with Crippen LogP contribution in [0.15, 0.2) is 47.5 Å². The van der Waals surface area contributed by atoms with Gasteiger partial charge in [0.05, 0.1) is 5.02 Å². The van der Waals surface area contributed by atoms with Crippen molar-refractivity contribution >= 4 is 40.6 Å². The lowest BCUT2D eigenvalue weighted by atomic mass is 10.1. The van der Waals surface area contributed by atoms with Gasteiger partial charge < -0.3 is 15.4 Å². The SMILES string of the molecule is CC(Oc1ccc(Cl)cc1Cl)C(=O)Nc1ccc(C2=NCCCN2)cc1. The minimum Gasteiger partial charge on any atom is -0.479 e. The minimum atomic E-state index is -0.710. The van der Waals surface area contributed by atoms with Gasteiger partial charge in [0.1, 0.15) is 11.6 Å². The van der Waals surface area contributed by atoms with E-state index in [0.717, 1.165) is 30.9 Å². The van der Waals surface area contributed by atoms with Crippen LogP contribution >= 0.6 is 23.2 Å². The average molecular weight is 392 g/mol. The average Bonchev–Trinajstić information content (AvgIpc) is 2.65. The van der Waals surface area contributed by atoms with Gasteiger partial charge in [0, 0.05) is 29.4 Å². The van der Waals surface area contributed by atoms with Crippen LogP contribution in [0.2, 0.25) is 10.0 Å². The van der Waals surface area contributed by atoms with Crippen LogP contribution in [0.4, 0.5) is 5.69 Å². The molecular formula is C19H19Cl2N3O2. The van der Waals surface area contributed by atoms with Crippen molar-refractivity contribution in [2.24, 2.45) is 4.99 Å². The highest BCUT2D eigenvalue weighted by molar-refractivity contribution is 6.35. The molecule has 0 saturated carbocycles. The number of aliphatic imine (C=N–C) groups is 1. The molecule has 1 heterocycles.